The first kappa shape index (κ1) is 17.6. The van der Waals surface area contributed by atoms with Crippen molar-refractivity contribution in [3.63, 3.8) is 0 Å². The van der Waals surface area contributed by atoms with Crippen molar-refractivity contribution < 1.29 is 9.72 Å². The molecule has 136 valence electrons. The van der Waals surface area contributed by atoms with E-state index in [1.807, 2.05) is 24.4 Å². The van der Waals surface area contributed by atoms with Gasteiger partial charge in [0.1, 0.15) is 0 Å². The number of anilines is 1. The number of nitrogens with zero attached hydrogens (tertiary/aromatic N) is 3. The zero-order valence-electron chi connectivity index (χ0n) is 13.9. The summed E-state index contributed by atoms with van der Waals surface area (Å²) in [6, 6.07) is 11.1. The maximum Gasteiger partial charge on any atom is 0.270 e. The van der Waals surface area contributed by atoms with Crippen molar-refractivity contribution in [3.8, 4) is 11.3 Å². The van der Waals surface area contributed by atoms with Crippen LogP contribution in [0.5, 0.6) is 0 Å². The van der Waals surface area contributed by atoms with E-state index in [2.05, 4.69) is 14.9 Å². The molecule has 1 aliphatic heterocycles. The van der Waals surface area contributed by atoms with Crippen molar-refractivity contribution in [2.45, 2.75) is 11.7 Å². The monoisotopic (exact) mass is 400 g/mol. The number of imidazole rings is 1. The Balaban J connectivity index is 1.56. The second-order valence-electron chi connectivity index (χ2n) is 5.91. The van der Waals surface area contributed by atoms with Crippen LogP contribution >= 0.6 is 23.4 Å². The third-order valence-corrected chi connectivity index (χ3v) is 5.41. The number of hydrogen-bond donors (Lipinski definition) is 1. The number of nitro benzene ring substituents is 1. The number of aryl methyl sites for hydroxylation is 1. The minimum absolute atomic E-state index is 0.0282. The Kier molecular flexibility index (Phi) is 4.59. The highest BCUT2D eigenvalue weighted by molar-refractivity contribution is 7.99. The number of nitro groups is 1. The second kappa shape index (κ2) is 7.05. The molecule has 0 unspecified atom stereocenters. The van der Waals surface area contributed by atoms with E-state index in [1.165, 1.54) is 12.1 Å². The average molecular weight is 401 g/mol. The molecule has 0 fully saturated rings. The normalized spacial score (nSPS) is 12.6. The van der Waals surface area contributed by atoms with E-state index >= 15 is 0 Å². The van der Waals surface area contributed by atoms with Crippen LogP contribution in [0.15, 0.2) is 53.8 Å². The number of rotatable bonds is 4. The van der Waals surface area contributed by atoms with E-state index in [4.69, 9.17) is 11.6 Å². The molecule has 0 saturated carbocycles. The molecule has 1 amide bonds. The van der Waals surface area contributed by atoms with Crippen LogP contribution in [0.2, 0.25) is 5.02 Å². The molecule has 9 heteroatoms. The van der Waals surface area contributed by atoms with Gasteiger partial charge >= 0.3 is 0 Å². The molecule has 27 heavy (non-hydrogen) atoms. The largest absolute Gasteiger partial charge is 0.325 e. The van der Waals surface area contributed by atoms with E-state index in [1.54, 1.807) is 17.8 Å². The van der Waals surface area contributed by atoms with Crippen LogP contribution in [0.1, 0.15) is 10.4 Å². The van der Waals surface area contributed by atoms with Crippen LogP contribution in [0.25, 0.3) is 11.3 Å². The van der Waals surface area contributed by atoms with E-state index in [9.17, 15) is 14.9 Å². The van der Waals surface area contributed by atoms with E-state index in [0.717, 1.165) is 34.8 Å². The van der Waals surface area contributed by atoms with Gasteiger partial charge in [0.2, 0.25) is 0 Å². The molecule has 0 atom stereocenters. The predicted molar refractivity (Wildman–Crippen MR) is 104 cm³/mol. The standard InChI is InChI=1S/C18H13ClN4O3S/c19-15-9-13(23(25)26)4-5-14(15)17(24)20-12-3-1-2-11(8-12)16-10-22-6-7-27-18(22)21-16/h1-5,8-10H,6-7H2,(H,20,24). The number of benzene rings is 2. The smallest absolute Gasteiger partial charge is 0.270 e. The Labute approximate surface area is 163 Å². The molecule has 2 heterocycles. The van der Waals surface area contributed by atoms with Crippen LogP contribution in [0.3, 0.4) is 0 Å². The summed E-state index contributed by atoms with van der Waals surface area (Å²) < 4.78 is 2.11. The van der Waals surface area contributed by atoms with Crippen molar-refractivity contribution in [2.24, 2.45) is 0 Å². The zero-order valence-corrected chi connectivity index (χ0v) is 15.5. The summed E-state index contributed by atoms with van der Waals surface area (Å²) >= 11 is 7.74. The number of non-ortho nitro benzene ring substituents is 1. The summed E-state index contributed by atoms with van der Waals surface area (Å²) in [6.45, 7) is 0.946. The molecule has 2 aromatic carbocycles. The van der Waals surface area contributed by atoms with Crippen LogP contribution in [0.4, 0.5) is 11.4 Å². The lowest BCUT2D eigenvalue weighted by molar-refractivity contribution is -0.384. The number of amides is 1. The molecule has 1 aromatic heterocycles. The number of carbonyl (C=O) groups excluding carboxylic acids is 1. The van der Waals surface area contributed by atoms with Crippen molar-refractivity contribution in [2.75, 3.05) is 11.1 Å². The van der Waals surface area contributed by atoms with Gasteiger partial charge in [-0.3, -0.25) is 14.9 Å². The topological polar surface area (TPSA) is 90.1 Å². The molecular weight excluding hydrogens is 388 g/mol. The van der Waals surface area contributed by atoms with E-state index in [0.29, 0.717) is 5.69 Å². The fourth-order valence-electron chi connectivity index (χ4n) is 2.81. The number of fused-ring (bicyclic) bond motifs is 1. The third kappa shape index (κ3) is 3.54. The molecule has 0 aliphatic carbocycles. The van der Waals surface area contributed by atoms with E-state index in [-0.39, 0.29) is 16.3 Å². The highest BCUT2D eigenvalue weighted by Gasteiger charge is 2.17. The van der Waals surface area contributed by atoms with Gasteiger partial charge in [-0.2, -0.15) is 0 Å². The molecule has 4 rings (SSSR count). The maximum atomic E-state index is 12.5. The van der Waals surface area contributed by atoms with Gasteiger partial charge in [-0.15, -0.1) is 0 Å². The Morgan fingerprint density at radius 1 is 1.30 bits per heavy atom. The lowest BCUT2D eigenvalue weighted by Gasteiger charge is -2.08. The first-order chi connectivity index (χ1) is 13.0. The Hall–Kier alpha value is -2.84. The molecule has 7 nitrogen and oxygen atoms in total. The zero-order chi connectivity index (χ0) is 19.0. The summed E-state index contributed by atoms with van der Waals surface area (Å²) in [4.78, 5) is 27.3. The summed E-state index contributed by atoms with van der Waals surface area (Å²) in [5.74, 6) is 0.601. The number of aromatic nitrogens is 2. The first-order valence-corrected chi connectivity index (χ1v) is 9.43. The molecule has 0 radical (unpaired) electrons. The number of halogens is 1. The van der Waals surface area contributed by atoms with Gasteiger partial charge in [0.05, 0.1) is 21.2 Å². The minimum atomic E-state index is -0.558. The van der Waals surface area contributed by atoms with Crippen molar-refractivity contribution in [1.82, 2.24) is 9.55 Å². The molecule has 1 aliphatic rings. The van der Waals surface area contributed by atoms with Gasteiger partial charge < -0.3 is 9.88 Å². The summed E-state index contributed by atoms with van der Waals surface area (Å²) in [7, 11) is 0. The molecule has 3 aromatic rings. The summed E-state index contributed by atoms with van der Waals surface area (Å²) in [6.07, 6.45) is 2.00. The minimum Gasteiger partial charge on any atom is -0.325 e. The number of hydrogen-bond acceptors (Lipinski definition) is 5. The van der Waals surface area contributed by atoms with Crippen molar-refractivity contribution in [1.29, 1.82) is 0 Å². The first-order valence-electron chi connectivity index (χ1n) is 8.07. The van der Waals surface area contributed by atoms with Crippen LogP contribution < -0.4 is 5.32 Å². The molecular formula is C18H13ClN4O3S. The van der Waals surface area contributed by atoms with Gasteiger partial charge in [0.25, 0.3) is 11.6 Å². The lowest BCUT2D eigenvalue weighted by Crippen LogP contribution is -2.12. The number of nitrogens with one attached hydrogen (secondary N) is 1. The fourth-order valence-corrected chi connectivity index (χ4v) is 4.01. The third-order valence-electron chi connectivity index (χ3n) is 4.13. The Bertz CT molecular complexity index is 1050. The molecule has 1 N–H and O–H groups in total. The quantitative estimate of drug-likeness (QED) is 0.515. The van der Waals surface area contributed by atoms with Crippen molar-refractivity contribution >= 4 is 40.6 Å². The molecule has 0 spiro atoms. The van der Waals surface area contributed by atoms with Crippen LogP contribution in [0, 0.1) is 10.1 Å². The highest BCUT2D eigenvalue weighted by atomic mass is 35.5. The van der Waals surface area contributed by atoms with Gasteiger partial charge in [-0.05, 0) is 18.2 Å². The van der Waals surface area contributed by atoms with Crippen LogP contribution in [-0.2, 0) is 6.54 Å². The molecule has 0 saturated heterocycles. The number of carbonyl (C=O) groups is 1. The van der Waals surface area contributed by atoms with Gasteiger partial charge in [0, 0.05) is 41.9 Å². The molecule has 0 bridgehead atoms. The van der Waals surface area contributed by atoms with E-state index < -0.39 is 10.8 Å². The highest BCUT2D eigenvalue weighted by Crippen LogP contribution is 2.30. The van der Waals surface area contributed by atoms with Gasteiger partial charge in [-0.25, -0.2) is 4.98 Å². The number of thioether (sulfide) groups is 1. The fraction of sp³-hybridized carbons (Fsp3) is 0.111. The lowest BCUT2D eigenvalue weighted by atomic mass is 10.1. The van der Waals surface area contributed by atoms with Gasteiger partial charge in [-0.1, -0.05) is 35.5 Å². The van der Waals surface area contributed by atoms with Crippen LogP contribution in [-0.4, -0.2) is 26.1 Å². The Morgan fingerprint density at radius 3 is 2.89 bits per heavy atom. The van der Waals surface area contributed by atoms with Gasteiger partial charge in [0.15, 0.2) is 5.16 Å². The maximum absolute atomic E-state index is 12.5. The second-order valence-corrected chi connectivity index (χ2v) is 7.38. The Morgan fingerprint density at radius 2 is 2.15 bits per heavy atom. The summed E-state index contributed by atoms with van der Waals surface area (Å²) in [5, 5.41) is 14.6. The summed E-state index contributed by atoms with van der Waals surface area (Å²) in [5.41, 5.74) is 2.34. The predicted octanol–water partition coefficient (Wildman–Crippen LogP) is 4.47. The van der Waals surface area contributed by atoms with Crippen molar-refractivity contribution in [3.05, 3.63) is 69.4 Å². The average Bonchev–Trinajstić information content (AvgIpc) is 3.23. The SMILES string of the molecule is O=C(Nc1cccc(-c2cn3c(n2)SCC3)c1)c1ccc([N+](=O)[O-])cc1Cl.